The summed E-state index contributed by atoms with van der Waals surface area (Å²) in [5.41, 5.74) is 0.218. The van der Waals surface area contributed by atoms with Crippen LogP contribution in [-0.4, -0.2) is 24.3 Å². The van der Waals surface area contributed by atoms with Crippen LogP contribution < -0.4 is 10.6 Å². The number of fused-ring (bicyclic) bond motifs is 1. The molecular weight excluding hydrogens is 209 g/mol. The summed E-state index contributed by atoms with van der Waals surface area (Å²) in [6, 6.07) is 5.18. The third-order valence-corrected chi connectivity index (χ3v) is 2.85. The highest BCUT2D eigenvalue weighted by atomic mass is 19.1. The van der Waals surface area contributed by atoms with Crippen molar-refractivity contribution < 1.29 is 8.91 Å². The first kappa shape index (κ1) is 9.59. The van der Waals surface area contributed by atoms with Crippen LogP contribution in [0.3, 0.4) is 0 Å². The Balaban J connectivity index is 1.94. The van der Waals surface area contributed by atoms with E-state index in [9.17, 15) is 4.39 Å². The maximum absolute atomic E-state index is 13.3. The van der Waals surface area contributed by atoms with E-state index < -0.39 is 0 Å². The number of hydrogen-bond donors (Lipinski definition) is 2. The number of halogens is 1. The standard InChI is InChI=1S/C11H12FN3O/c12-9-3-1-2-8-10(9)16-15-11(8)14-7-4-5-13-6-7/h1-3,7,13H,4-6H2,(H,14,15). The first-order valence-corrected chi connectivity index (χ1v) is 5.36. The van der Waals surface area contributed by atoms with Gasteiger partial charge in [-0.05, 0) is 25.1 Å². The number of hydrogen-bond acceptors (Lipinski definition) is 4. The molecule has 1 atom stereocenters. The molecule has 1 fully saturated rings. The van der Waals surface area contributed by atoms with Crippen molar-refractivity contribution in [1.29, 1.82) is 0 Å². The Bertz CT molecular complexity index is 505. The van der Waals surface area contributed by atoms with E-state index in [-0.39, 0.29) is 11.4 Å². The van der Waals surface area contributed by atoms with Gasteiger partial charge in [-0.25, -0.2) is 4.39 Å². The van der Waals surface area contributed by atoms with Gasteiger partial charge in [-0.3, -0.25) is 0 Å². The van der Waals surface area contributed by atoms with Crippen LogP contribution in [0, 0.1) is 5.82 Å². The summed E-state index contributed by atoms with van der Waals surface area (Å²) in [5, 5.41) is 11.1. The van der Waals surface area contributed by atoms with Crippen LogP contribution in [0.2, 0.25) is 0 Å². The first-order chi connectivity index (χ1) is 7.84. The Morgan fingerprint density at radius 3 is 3.25 bits per heavy atom. The average molecular weight is 221 g/mol. The number of rotatable bonds is 2. The molecule has 1 saturated heterocycles. The van der Waals surface area contributed by atoms with E-state index >= 15 is 0 Å². The predicted molar refractivity (Wildman–Crippen MR) is 58.9 cm³/mol. The summed E-state index contributed by atoms with van der Waals surface area (Å²) < 4.78 is 18.3. The minimum Gasteiger partial charge on any atom is -0.363 e. The Kier molecular flexibility index (Phi) is 2.25. The van der Waals surface area contributed by atoms with Crippen molar-refractivity contribution in [2.75, 3.05) is 18.4 Å². The molecule has 0 spiro atoms. The lowest BCUT2D eigenvalue weighted by Crippen LogP contribution is -2.22. The van der Waals surface area contributed by atoms with E-state index in [1.807, 2.05) is 0 Å². The lowest BCUT2D eigenvalue weighted by Gasteiger charge is -2.09. The largest absolute Gasteiger partial charge is 0.363 e. The van der Waals surface area contributed by atoms with Crippen molar-refractivity contribution in [3.05, 3.63) is 24.0 Å². The lowest BCUT2D eigenvalue weighted by atomic mass is 10.2. The van der Waals surface area contributed by atoms with Gasteiger partial charge in [0.2, 0.25) is 5.58 Å². The smallest absolute Gasteiger partial charge is 0.204 e. The zero-order valence-corrected chi connectivity index (χ0v) is 8.66. The number of nitrogens with one attached hydrogen (secondary N) is 2. The second-order valence-corrected chi connectivity index (χ2v) is 3.98. The molecule has 84 valence electrons. The van der Waals surface area contributed by atoms with Crippen molar-refractivity contribution in [2.45, 2.75) is 12.5 Å². The van der Waals surface area contributed by atoms with Gasteiger partial charge in [-0.2, -0.15) is 0 Å². The van der Waals surface area contributed by atoms with Gasteiger partial charge in [0.05, 0.1) is 5.39 Å². The summed E-state index contributed by atoms with van der Waals surface area (Å²) in [7, 11) is 0. The van der Waals surface area contributed by atoms with Crippen LogP contribution in [0.1, 0.15) is 6.42 Å². The van der Waals surface area contributed by atoms with Crippen LogP contribution in [0.25, 0.3) is 11.0 Å². The third kappa shape index (κ3) is 1.53. The van der Waals surface area contributed by atoms with E-state index in [2.05, 4.69) is 15.8 Å². The number of nitrogens with zero attached hydrogens (tertiary/aromatic N) is 1. The summed E-state index contributed by atoms with van der Waals surface area (Å²) in [4.78, 5) is 0. The molecular formula is C11H12FN3O. The molecule has 0 amide bonds. The summed E-state index contributed by atoms with van der Waals surface area (Å²) in [6.07, 6.45) is 1.05. The second-order valence-electron chi connectivity index (χ2n) is 3.98. The Hall–Kier alpha value is -1.62. The van der Waals surface area contributed by atoms with E-state index in [0.717, 1.165) is 19.5 Å². The summed E-state index contributed by atoms with van der Waals surface area (Å²) in [6.45, 7) is 1.91. The van der Waals surface area contributed by atoms with Crippen LogP contribution in [0.15, 0.2) is 22.7 Å². The Morgan fingerprint density at radius 2 is 2.44 bits per heavy atom. The maximum atomic E-state index is 13.3. The molecule has 2 heterocycles. The minimum absolute atomic E-state index is 0.218. The van der Waals surface area contributed by atoms with Crippen molar-refractivity contribution in [3.63, 3.8) is 0 Å². The summed E-state index contributed by atoms with van der Waals surface area (Å²) >= 11 is 0. The summed E-state index contributed by atoms with van der Waals surface area (Å²) in [5.74, 6) is 0.255. The minimum atomic E-state index is -0.373. The SMILES string of the molecule is Fc1cccc2c(NC3CCNC3)noc12. The van der Waals surface area contributed by atoms with Gasteiger partial charge in [-0.1, -0.05) is 11.2 Å². The average Bonchev–Trinajstić information content (AvgIpc) is 2.90. The second kappa shape index (κ2) is 3.75. The van der Waals surface area contributed by atoms with Gasteiger partial charge in [0.25, 0.3) is 0 Å². The fourth-order valence-corrected chi connectivity index (χ4v) is 2.00. The number of aromatic nitrogens is 1. The fraction of sp³-hybridized carbons (Fsp3) is 0.364. The normalized spacial score (nSPS) is 20.4. The molecule has 0 bridgehead atoms. The Morgan fingerprint density at radius 1 is 1.50 bits per heavy atom. The van der Waals surface area contributed by atoms with Gasteiger partial charge in [0.1, 0.15) is 0 Å². The highest BCUT2D eigenvalue weighted by molar-refractivity contribution is 5.88. The first-order valence-electron chi connectivity index (χ1n) is 5.36. The molecule has 0 radical (unpaired) electrons. The van der Waals surface area contributed by atoms with E-state index in [1.165, 1.54) is 6.07 Å². The highest BCUT2D eigenvalue weighted by Gasteiger charge is 2.18. The van der Waals surface area contributed by atoms with Crippen molar-refractivity contribution in [3.8, 4) is 0 Å². The predicted octanol–water partition coefficient (Wildman–Crippen LogP) is 1.74. The molecule has 0 saturated carbocycles. The van der Waals surface area contributed by atoms with E-state index in [4.69, 9.17) is 4.52 Å². The zero-order chi connectivity index (χ0) is 11.0. The Labute approximate surface area is 91.8 Å². The molecule has 1 aliphatic rings. The van der Waals surface area contributed by atoms with Crippen LogP contribution in [0.5, 0.6) is 0 Å². The van der Waals surface area contributed by atoms with Gasteiger partial charge in [0.15, 0.2) is 11.6 Å². The van der Waals surface area contributed by atoms with Gasteiger partial charge >= 0.3 is 0 Å². The molecule has 1 aromatic heterocycles. The van der Waals surface area contributed by atoms with E-state index in [1.54, 1.807) is 12.1 Å². The third-order valence-electron chi connectivity index (χ3n) is 2.85. The molecule has 3 rings (SSSR count). The van der Waals surface area contributed by atoms with Gasteiger partial charge < -0.3 is 15.2 Å². The molecule has 1 unspecified atom stereocenters. The maximum Gasteiger partial charge on any atom is 0.204 e. The van der Waals surface area contributed by atoms with Crippen molar-refractivity contribution in [2.24, 2.45) is 0 Å². The molecule has 16 heavy (non-hydrogen) atoms. The van der Waals surface area contributed by atoms with Crippen LogP contribution in [0.4, 0.5) is 10.2 Å². The molecule has 1 aliphatic heterocycles. The molecule has 2 aromatic rings. The highest BCUT2D eigenvalue weighted by Crippen LogP contribution is 2.25. The van der Waals surface area contributed by atoms with Gasteiger partial charge in [0, 0.05) is 12.6 Å². The topological polar surface area (TPSA) is 50.1 Å². The van der Waals surface area contributed by atoms with Crippen LogP contribution >= 0.6 is 0 Å². The molecule has 5 heteroatoms. The lowest BCUT2D eigenvalue weighted by molar-refractivity contribution is 0.442. The van der Waals surface area contributed by atoms with Crippen molar-refractivity contribution >= 4 is 16.8 Å². The fourth-order valence-electron chi connectivity index (χ4n) is 2.00. The quantitative estimate of drug-likeness (QED) is 0.811. The molecule has 2 N–H and O–H groups in total. The monoisotopic (exact) mass is 221 g/mol. The molecule has 4 nitrogen and oxygen atoms in total. The van der Waals surface area contributed by atoms with Gasteiger partial charge in [-0.15, -0.1) is 0 Å². The number of benzene rings is 1. The number of para-hydroxylation sites is 1. The van der Waals surface area contributed by atoms with E-state index in [0.29, 0.717) is 17.2 Å². The number of anilines is 1. The zero-order valence-electron chi connectivity index (χ0n) is 8.66. The van der Waals surface area contributed by atoms with Crippen molar-refractivity contribution in [1.82, 2.24) is 10.5 Å². The van der Waals surface area contributed by atoms with Crippen LogP contribution in [-0.2, 0) is 0 Å². The molecule has 1 aromatic carbocycles. The molecule has 0 aliphatic carbocycles.